The zero-order valence-corrected chi connectivity index (χ0v) is 23.4. The van der Waals surface area contributed by atoms with Crippen molar-refractivity contribution in [1.29, 1.82) is 0 Å². The standard InChI is InChI=1S/C28H25ClN4O7S/c1-2-3-13-40-27(36)21-14-19(10-11-22(21)29)30-25(34)17-32-26(35)24(41-28(32)37)15-20-8-6-12-31(20)16-18-7-4-5-9-23(18)33(38)39/h4-12,14-15H,2-3,13,16-17H2,1H3,(H,30,34)/b24-15+. The van der Waals surface area contributed by atoms with Crippen molar-refractivity contribution in [2.24, 2.45) is 0 Å². The molecule has 11 nitrogen and oxygen atoms in total. The van der Waals surface area contributed by atoms with Gasteiger partial charge >= 0.3 is 5.97 Å². The van der Waals surface area contributed by atoms with Gasteiger partial charge in [0.1, 0.15) is 6.54 Å². The molecule has 0 saturated carbocycles. The number of esters is 1. The first-order chi connectivity index (χ1) is 19.7. The number of anilines is 1. The van der Waals surface area contributed by atoms with E-state index in [-0.39, 0.29) is 40.0 Å². The second-order valence-electron chi connectivity index (χ2n) is 8.95. The number of carbonyl (C=O) groups is 4. The van der Waals surface area contributed by atoms with Gasteiger partial charge in [0.15, 0.2) is 0 Å². The Morgan fingerprint density at radius 3 is 2.68 bits per heavy atom. The Labute approximate surface area is 244 Å². The number of nitrogens with zero attached hydrogens (tertiary/aromatic N) is 3. The molecule has 1 aromatic heterocycles. The molecule has 0 aliphatic carbocycles. The Kier molecular flexibility index (Phi) is 9.58. The monoisotopic (exact) mass is 596 g/mol. The van der Waals surface area contributed by atoms with E-state index in [2.05, 4.69) is 5.32 Å². The number of imide groups is 1. The van der Waals surface area contributed by atoms with E-state index in [9.17, 15) is 29.3 Å². The lowest BCUT2D eigenvalue weighted by molar-refractivity contribution is -0.385. The number of unbranched alkanes of at least 4 members (excludes halogenated alkanes) is 1. The summed E-state index contributed by atoms with van der Waals surface area (Å²) in [6, 6.07) is 14.1. The Morgan fingerprint density at radius 2 is 1.93 bits per heavy atom. The van der Waals surface area contributed by atoms with Gasteiger partial charge in [-0.05, 0) is 54.6 Å². The van der Waals surface area contributed by atoms with Crippen LogP contribution in [0.15, 0.2) is 65.7 Å². The van der Waals surface area contributed by atoms with Crippen LogP contribution in [0.25, 0.3) is 6.08 Å². The van der Waals surface area contributed by atoms with E-state index in [1.165, 1.54) is 30.3 Å². The Balaban J connectivity index is 1.43. The van der Waals surface area contributed by atoms with Gasteiger partial charge in [-0.2, -0.15) is 0 Å². The maximum absolute atomic E-state index is 13.0. The zero-order chi connectivity index (χ0) is 29.5. The van der Waals surface area contributed by atoms with Gasteiger partial charge in [0.25, 0.3) is 16.8 Å². The highest BCUT2D eigenvalue weighted by atomic mass is 35.5. The van der Waals surface area contributed by atoms with Gasteiger partial charge in [0.05, 0.1) is 33.6 Å². The van der Waals surface area contributed by atoms with Crippen LogP contribution in [0.4, 0.5) is 16.2 Å². The van der Waals surface area contributed by atoms with Gasteiger partial charge < -0.3 is 14.6 Å². The molecule has 3 amide bonds. The van der Waals surface area contributed by atoms with E-state index in [1.54, 1.807) is 41.1 Å². The molecule has 3 aromatic rings. The molecular weight excluding hydrogens is 572 g/mol. The fraction of sp³-hybridized carbons (Fsp3) is 0.214. The number of carbonyl (C=O) groups excluding carboxylic acids is 4. The Hall–Kier alpha value is -4.42. The van der Waals surface area contributed by atoms with E-state index >= 15 is 0 Å². The number of hydrogen-bond acceptors (Lipinski definition) is 8. The molecule has 1 aliphatic heterocycles. The molecular formula is C28H25ClN4O7S. The molecule has 1 fully saturated rings. The van der Waals surface area contributed by atoms with E-state index in [4.69, 9.17) is 16.3 Å². The number of thioether (sulfide) groups is 1. The molecule has 0 spiro atoms. The van der Waals surface area contributed by atoms with Crippen molar-refractivity contribution in [3.63, 3.8) is 0 Å². The van der Waals surface area contributed by atoms with Crippen LogP contribution in [0.5, 0.6) is 0 Å². The second kappa shape index (κ2) is 13.3. The summed E-state index contributed by atoms with van der Waals surface area (Å²) in [6.45, 7) is 1.84. The molecule has 1 N–H and O–H groups in total. The fourth-order valence-electron chi connectivity index (χ4n) is 3.97. The lowest BCUT2D eigenvalue weighted by Crippen LogP contribution is -2.36. The number of amides is 3. The van der Waals surface area contributed by atoms with Crippen LogP contribution in [0.1, 0.15) is 41.4 Å². The minimum atomic E-state index is -0.652. The molecule has 41 heavy (non-hydrogen) atoms. The average molecular weight is 597 g/mol. The van der Waals surface area contributed by atoms with E-state index < -0.39 is 34.5 Å². The molecule has 1 saturated heterocycles. The van der Waals surface area contributed by atoms with Gasteiger partial charge in [0.2, 0.25) is 5.91 Å². The number of benzene rings is 2. The fourth-order valence-corrected chi connectivity index (χ4v) is 4.99. The van der Waals surface area contributed by atoms with Gasteiger partial charge in [-0.25, -0.2) is 4.79 Å². The number of rotatable bonds is 11. The third-order valence-electron chi connectivity index (χ3n) is 6.05. The first kappa shape index (κ1) is 29.6. The van der Waals surface area contributed by atoms with Crippen molar-refractivity contribution >= 4 is 63.8 Å². The number of halogens is 1. The Morgan fingerprint density at radius 1 is 1.15 bits per heavy atom. The molecule has 212 valence electrons. The summed E-state index contributed by atoms with van der Waals surface area (Å²) in [7, 11) is 0. The van der Waals surface area contributed by atoms with Crippen molar-refractivity contribution in [2.75, 3.05) is 18.5 Å². The van der Waals surface area contributed by atoms with Crippen molar-refractivity contribution in [2.45, 2.75) is 26.3 Å². The smallest absolute Gasteiger partial charge is 0.339 e. The average Bonchev–Trinajstić information content (AvgIpc) is 3.48. The van der Waals surface area contributed by atoms with Crippen LogP contribution in [-0.2, 0) is 20.9 Å². The van der Waals surface area contributed by atoms with Crippen molar-refractivity contribution in [1.82, 2.24) is 9.47 Å². The first-order valence-corrected chi connectivity index (χ1v) is 13.8. The highest BCUT2D eigenvalue weighted by molar-refractivity contribution is 8.18. The number of nitro benzene ring substituents is 1. The van der Waals surface area contributed by atoms with E-state index in [0.29, 0.717) is 29.4 Å². The summed E-state index contributed by atoms with van der Waals surface area (Å²) in [5, 5.41) is 13.5. The summed E-state index contributed by atoms with van der Waals surface area (Å²) in [5.74, 6) is -1.92. The minimum Gasteiger partial charge on any atom is -0.462 e. The summed E-state index contributed by atoms with van der Waals surface area (Å²) in [4.78, 5) is 62.5. The molecule has 13 heteroatoms. The van der Waals surface area contributed by atoms with Gasteiger partial charge in [0, 0.05) is 29.2 Å². The SMILES string of the molecule is CCCCOC(=O)c1cc(NC(=O)CN2C(=O)S/C(=C/c3cccn3Cc3ccccc3[N+](=O)[O-])C2=O)ccc1Cl. The van der Waals surface area contributed by atoms with Crippen LogP contribution in [0, 0.1) is 10.1 Å². The highest BCUT2D eigenvalue weighted by Crippen LogP contribution is 2.32. The van der Waals surface area contributed by atoms with E-state index in [1.807, 2.05) is 6.92 Å². The molecule has 2 aromatic carbocycles. The minimum absolute atomic E-state index is 0.0281. The van der Waals surface area contributed by atoms with Gasteiger partial charge in [-0.15, -0.1) is 0 Å². The summed E-state index contributed by atoms with van der Waals surface area (Å²) < 4.78 is 6.90. The number of hydrogen-bond donors (Lipinski definition) is 1. The number of para-hydroxylation sites is 1. The second-order valence-corrected chi connectivity index (χ2v) is 10.3. The van der Waals surface area contributed by atoms with Gasteiger partial charge in [-0.1, -0.05) is 43.1 Å². The maximum Gasteiger partial charge on any atom is 0.339 e. The molecule has 0 unspecified atom stereocenters. The van der Waals surface area contributed by atoms with Crippen molar-refractivity contribution in [3.8, 4) is 0 Å². The maximum atomic E-state index is 13.0. The lowest BCUT2D eigenvalue weighted by Gasteiger charge is -2.13. The zero-order valence-electron chi connectivity index (χ0n) is 21.9. The molecule has 4 rings (SSSR count). The number of aromatic nitrogens is 1. The predicted octanol–water partition coefficient (Wildman–Crippen LogP) is 5.73. The quantitative estimate of drug-likeness (QED) is 0.0972. The first-order valence-electron chi connectivity index (χ1n) is 12.6. The number of nitrogens with one attached hydrogen (secondary N) is 1. The van der Waals surface area contributed by atoms with Crippen molar-refractivity contribution in [3.05, 3.63) is 97.7 Å². The summed E-state index contributed by atoms with van der Waals surface area (Å²) in [6.07, 6.45) is 4.77. The third kappa shape index (κ3) is 7.21. The number of ether oxygens (including phenoxy) is 1. The van der Waals surface area contributed by atoms with E-state index in [0.717, 1.165) is 11.3 Å². The summed E-state index contributed by atoms with van der Waals surface area (Å²) >= 11 is 6.80. The van der Waals surface area contributed by atoms with Crippen LogP contribution < -0.4 is 5.32 Å². The largest absolute Gasteiger partial charge is 0.462 e. The molecule has 0 radical (unpaired) electrons. The van der Waals surface area contributed by atoms with Crippen molar-refractivity contribution < 1.29 is 28.8 Å². The third-order valence-corrected chi connectivity index (χ3v) is 7.29. The normalized spacial score (nSPS) is 14.0. The van der Waals surface area contributed by atoms with Crippen LogP contribution in [0.3, 0.4) is 0 Å². The molecule has 2 heterocycles. The van der Waals surface area contributed by atoms with Gasteiger partial charge in [-0.3, -0.25) is 29.4 Å². The van der Waals surface area contributed by atoms with Crippen LogP contribution >= 0.6 is 23.4 Å². The van der Waals surface area contributed by atoms with Crippen LogP contribution in [-0.4, -0.2) is 50.6 Å². The topological polar surface area (TPSA) is 141 Å². The van der Waals surface area contributed by atoms with Crippen LogP contribution in [0.2, 0.25) is 5.02 Å². The lowest BCUT2D eigenvalue weighted by atomic mass is 10.2. The summed E-state index contributed by atoms with van der Waals surface area (Å²) in [5.41, 5.74) is 1.33. The predicted molar refractivity (Wildman–Crippen MR) is 155 cm³/mol. The highest BCUT2D eigenvalue weighted by Gasteiger charge is 2.36. The molecule has 0 bridgehead atoms. The Bertz CT molecular complexity index is 1550. The molecule has 0 atom stereocenters. The molecule has 1 aliphatic rings. The number of nitro groups is 1.